The summed E-state index contributed by atoms with van der Waals surface area (Å²) < 4.78 is 6.59. The van der Waals surface area contributed by atoms with Crippen LogP contribution in [0.2, 0.25) is 0 Å². The van der Waals surface area contributed by atoms with E-state index in [-0.39, 0.29) is 12.2 Å². The van der Waals surface area contributed by atoms with Crippen molar-refractivity contribution in [3.8, 4) is 0 Å². The molecule has 0 aliphatic rings. The van der Waals surface area contributed by atoms with Gasteiger partial charge in [-0.2, -0.15) is 0 Å². The Hall–Kier alpha value is -2.95. The van der Waals surface area contributed by atoms with E-state index >= 15 is 0 Å². The lowest BCUT2D eigenvalue weighted by Crippen LogP contribution is -2.29. The van der Waals surface area contributed by atoms with E-state index in [1.807, 2.05) is 36.4 Å². The lowest BCUT2D eigenvalue weighted by Gasteiger charge is -2.14. The Morgan fingerprint density at radius 2 is 1.83 bits per heavy atom. The largest absolute Gasteiger partial charge is 0.459 e. The molecule has 0 N–H and O–H groups in total. The highest BCUT2D eigenvalue weighted by Crippen LogP contribution is 2.11. The van der Waals surface area contributed by atoms with Gasteiger partial charge >= 0.3 is 5.97 Å². The summed E-state index contributed by atoms with van der Waals surface area (Å²) in [6.07, 6.45) is 1.39. The van der Waals surface area contributed by atoms with Crippen LogP contribution in [0.1, 0.15) is 18.5 Å². The molecule has 2 aromatic carbocycles. The molecule has 3 aromatic rings. The van der Waals surface area contributed by atoms with Crippen molar-refractivity contribution in [1.82, 2.24) is 9.55 Å². The molecule has 5 nitrogen and oxygen atoms in total. The SMILES string of the molecule is CC(C(=O)OCc1ccccc1)n1cnc2ccccc2c1=O. The van der Waals surface area contributed by atoms with Crippen molar-refractivity contribution in [2.75, 3.05) is 0 Å². The molecule has 0 spiro atoms. The number of benzene rings is 2. The Bertz CT molecular complexity index is 887. The molecular formula is C18H16N2O3. The van der Waals surface area contributed by atoms with Crippen LogP contribution in [0.3, 0.4) is 0 Å². The third-order valence-electron chi connectivity index (χ3n) is 3.67. The summed E-state index contributed by atoms with van der Waals surface area (Å²) in [5.74, 6) is -0.465. The first-order valence-corrected chi connectivity index (χ1v) is 7.33. The lowest BCUT2D eigenvalue weighted by molar-refractivity contribution is -0.148. The number of rotatable bonds is 4. The zero-order chi connectivity index (χ0) is 16.2. The third kappa shape index (κ3) is 3.13. The highest BCUT2D eigenvalue weighted by molar-refractivity contribution is 5.78. The number of carbonyl (C=O) groups is 1. The van der Waals surface area contributed by atoms with E-state index in [1.54, 1.807) is 25.1 Å². The predicted molar refractivity (Wildman–Crippen MR) is 87.0 cm³/mol. The van der Waals surface area contributed by atoms with Crippen molar-refractivity contribution < 1.29 is 9.53 Å². The topological polar surface area (TPSA) is 61.2 Å². The number of ether oxygens (including phenoxy) is 1. The van der Waals surface area contributed by atoms with Gasteiger partial charge in [0.2, 0.25) is 0 Å². The van der Waals surface area contributed by atoms with Crippen LogP contribution in [-0.2, 0) is 16.1 Å². The number of esters is 1. The van der Waals surface area contributed by atoms with Gasteiger partial charge in [0, 0.05) is 0 Å². The van der Waals surface area contributed by atoms with Gasteiger partial charge < -0.3 is 4.74 Å². The lowest BCUT2D eigenvalue weighted by atomic mass is 10.2. The van der Waals surface area contributed by atoms with Crippen molar-refractivity contribution >= 4 is 16.9 Å². The first-order valence-electron chi connectivity index (χ1n) is 7.33. The molecule has 0 amide bonds. The van der Waals surface area contributed by atoms with Crippen LogP contribution in [0.4, 0.5) is 0 Å². The summed E-state index contributed by atoms with van der Waals surface area (Å²) in [6, 6.07) is 15.7. The van der Waals surface area contributed by atoms with Gasteiger partial charge in [-0.05, 0) is 24.6 Å². The smallest absolute Gasteiger partial charge is 0.329 e. The van der Waals surface area contributed by atoms with Crippen molar-refractivity contribution in [3.63, 3.8) is 0 Å². The van der Waals surface area contributed by atoms with Gasteiger partial charge in [0.1, 0.15) is 12.6 Å². The molecule has 1 aromatic heterocycles. The Morgan fingerprint density at radius 3 is 2.61 bits per heavy atom. The highest BCUT2D eigenvalue weighted by atomic mass is 16.5. The van der Waals surface area contributed by atoms with Crippen molar-refractivity contribution in [1.29, 1.82) is 0 Å². The van der Waals surface area contributed by atoms with Gasteiger partial charge in [0.05, 0.1) is 17.2 Å². The van der Waals surface area contributed by atoms with Crippen LogP contribution in [0.5, 0.6) is 0 Å². The zero-order valence-electron chi connectivity index (χ0n) is 12.7. The van der Waals surface area contributed by atoms with Crippen LogP contribution >= 0.6 is 0 Å². The minimum absolute atomic E-state index is 0.180. The summed E-state index contributed by atoms with van der Waals surface area (Å²) in [7, 11) is 0. The average Bonchev–Trinajstić information content (AvgIpc) is 2.60. The Balaban J connectivity index is 1.80. The fourth-order valence-corrected chi connectivity index (χ4v) is 2.32. The molecule has 0 radical (unpaired) electrons. The molecule has 1 unspecified atom stereocenters. The maximum absolute atomic E-state index is 12.5. The van der Waals surface area contributed by atoms with Crippen LogP contribution < -0.4 is 5.56 Å². The van der Waals surface area contributed by atoms with E-state index in [0.717, 1.165) is 5.56 Å². The van der Waals surface area contributed by atoms with Crippen molar-refractivity contribution in [3.05, 3.63) is 76.8 Å². The number of nitrogens with zero attached hydrogens (tertiary/aromatic N) is 2. The fraction of sp³-hybridized carbons (Fsp3) is 0.167. The van der Waals surface area contributed by atoms with E-state index < -0.39 is 12.0 Å². The second kappa shape index (κ2) is 6.44. The molecule has 1 heterocycles. The predicted octanol–water partition coefficient (Wildman–Crippen LogP) is 2.70. The zero-order valence-corrected chi connectivity index (χ0v) is 12.7. The van der Waals surface area contributed by atoms with E-state index in [9.17, 15) is 9.59 Å². The Morgan fingerprint density at radius 1 is 1.13 bits per heavy atom. The second-order valence-corrected chi connectivity index (χ2v) is 5.24. The van der Waals surface area contributed by atoms with Gasteiger partial charge in [-0.25, -0.2) is 9.78 Å². The van der Waals surface area contributed by atoms with Gasteiger partial charge in [0.25, 0.3) is 5.56 Å². The maximum atomic E-state index is 12.5. The molecule has 3 rings (SSSR count). The van der Waals surface area contributed by atoms with E-state index in [4.69, 9.17) is 4.74 Å². The second-order valence-electron chi connectivity index (χ2n) is 5.24. The molecule has 0 aliphatic heterocycles. The average molecular weight is 308 g/mol. The normalized spacial score (nSPS) is 12.0. The van der Waals surface area contributed by atoms with E-state index in [2.05, 4.69) is 4.98 Å². The van der Waals surface area contributed by atoms with Gasteiger partial charge in [-0.3, -0.25) is 9.36 Å². The molecule has 1 atom stereocenters. The summed E-state index contributed by atoms with van der Waals surface area (Å²) >= 11 is 0. The number of para-hydroxylation sites is 1. The number of carbonyl (C=O) groups excluding carboxylic acids is 1. The van der Waals surface area contributed by atoms with Crippen LogP contribution in [0, 0.1) is 0 Å². The molecule has 116 valence electrons. The maximum Gasteiger partial charge on any atom is 0.329 e. The highest BCUT2D eigenvalue weighted by Gasteiger charge is 2.19. The molecule has 0 saturated heterocycles. The van der Waals surface area contributed by atoms with E-state index in [1.165, 1.54) is 10.9 Å². The number of aromatic nitrogens is 2. The van der Waals surface area contributed by atoms with Crippen LogP contribution in [0.25, 0.3) is 10.9 Å². The Labute approximate surface area is 133 Å². The molecule has 0 bridgehead atoms. The molecule has 5 heteroatoms. The minimum atomic E-state index is -0.733. The number of hydrogen-bond donors (Lipinski definition) is 0. The summed E-state index contributed by atoms with van der Waals surface area (Å²) in [6.45, 7) is 1.81. The first kappa shape index (κ1) is 15.0. The van der Waals surface area contributed by atoms with Crippen LogP contribution in [0.15, 0.2) is 65.7 Å². The van der Waals surface area contributed by atoms with Crippen molar-refractivity contribution in [2.45, 2.75) is 19.6 Å². The quantitative estimate of drug-likeness (QED) is 0.695. The van der Waals surface area contributed by atoms with Crippen LogP contribution in [-0.4, -0.2) is 15.5 Å². The molecule has 0 aliphatic carbocycles. The van der Waals surface area contributed by atoms with Crippen molar-refractivity contribution in [2.24, 2.45) is 0 Å². The third-order valence-corrected chi connectivity index (χ3v) is 3.67. The molecule has 0 fully saturated rings. The molecular weight excluding hydrogens is 292 g/mol. The van der Waals surface area contributed by atoms with E-state index in [0.29, 0.717) is 10.9 Å². The fourth-order valence-electron chi connectivity index (χ4n) is 2.32. The molecule has 0 saturated carbocycles. The summed E-state index contributed by atoms with van der Waals surface area (Å²) in [4.78, 5) is 28.9. The summed E-state index contributed by atoms with van der Waals surface area (Å²) in [5.41, 5.74) is 1.26. The van der Waals surface area contributed by atoms with Gasteiger partial charge in [-0.1, -0.05) is 42.5 Å². The van der Waals surface area contributed by atoms with Gasteiger partial charge in [-0.15, -0.1) is 0 Å². The minimum Gasteiger partial charge on any atom is -0.459 e. The number of hydrogen-bond acceptors (Lipinski definition) is 4. The summed E-state index contributed by atoms with van der Waals surface area (Å²) in [5, 5.41) is 0.484. The van der Waals surface area contributed by atoms with Gasteiger partial charge in [0.15, 0.2) is 0 Å². The first-order chi connectivity index (χ1) is 11.2. The number of fused-ring (bicyclic) bond motifs is 1. The Kier molecular flexibility index (Phi) is 4.19. The monoisotopic (exact) mass is 308 g/mol. The molecule has 23 heavy (non-hydrogen) atoms. The standard InChI is InChI=1S/C18H16N2O3/c1-13(18(22)23-11-14-7-3-2-4-8-14)20-12-19-16-10-6-5-9-15(16)17(20)21/h2-10,12-13H,11H2,1H3.